The number of halogens is 1. The monoisotopic (exact) mass is 383 g/mol. The maximum absolute atomic E-state index is 12.6. The molecule has 0 aliphatic carbocycles. The number of aromatic nitrogens is 2. The summed E-state index contributed by atoms with van der Waals surface area (Å²) in [6, 6.07) is 16.1. The van der Waals surface area contributed by atoms with E-state index in [9.17, 15) is 9.59 Å². The standard InChI is InChI=1S/C20H18ClN3O3/c1-13-6-8-14(9-7-13)24-19(25)10-17(22-24)20(26)23-11-15(12-23)27-18-5-3-2-4-16(18)21/h2-10,15,22H,11-12H2,1H3. The second-order valence-electron chi connectivity index (χ2n) is 6.56. The first-order valence-electron chi connectivity index (χ1n) is 8.61. The Balaban J connectivity index is 1.43. The topological polar surface area (TPSA) is 67.3 Å². The summed E-state index contributed by atoms with van der Waals surface area (Å²) in [5, 5.41) is 3.43. The van der Waals surface area contributed by atoms with Crippen LogP contribution in [0.15, 0.2) is 59.4 Å². The highest BCUT2D eigenvalue weighted by Crippen LogP contribution is 2.26. The van der Waals surface area contributed by atoms with Crippen molar-refractivity contribution in [3.05, 3.63) is 81.2 Å². The number of likely N-dealkylation sites (tertiary alicyclic amines) is 1. The Morgan fingerprint density at radius 1 is 1.15 bits per heavy atom. The Kier molecular flexibility index (Phi) is 4.49. The summed E-state index contributed by atoms with van der Waals surface area (Å²) in [6.45, 7) is 2.87. The van der Waals surface area contributed by atoms with Gasteiger partial charge in [0.25, 0.3) is 11.5 Å². The number of carbonyl (C=O) groups is 1. The third-order valence-corrected chi connectivity index (χ3v) is 4.82. The molecule has 2 heterocycles. The van der Waals surface area contributed by atoms with Crippen LogP contribution in [0.1, 0.15) is 16.1 Å². The molecular weight excluding hydrogens is 366 g/mol. The Morgan fingerprint density at radius 2 is 1.85 bits per heavy atom. The summed E-state index contributed by atoms with van der Waals surface area (Å²) in [5.74, 6) is 0.382. The van der Waals surface area contributed by atoms with Crippen LogP contribution in [0.3, 0.4) is 0 Å². The first-order valence-corrected chi connectivity index (χ1v) is 8.98. The van der Waals surface area contributed by atoms with E-state index >= 15 is 0 Å². The Morgan fingerprint density at radius 3 is 2.56 bits per heavy atom. The molecule has 1 aliphatic rings. The van der Waals surface area contributed by atoms with Gasteiger partial charge < -0.3 is 9.64 Å². The van der Waals surface area contributed by atoms with E-state index < -0.39 is 0 Å². The van der Waals surface area contributed by atoms with Gasteiger partial charge in [0.15, 0.2) is 0 Å². The van der Waals surface area contributed by atoms with E-state index in [1.807, 2.05) is 43.3 Å². The molecule has 7 heteroatoms. The van der Waals surface area contributed by atoms with Crippen LogP contribution in [0.25, 0.3) is 5.69 Å². The largest absolute Gasteiger partial charge is 0.485 e. The number of hydrogen-bond donors (Lipinski definition) is 1. The number of nitrogens with one attached hydrogen (secondary N) is 1. The number of carbonyl (C=O) groups excluding carboxylic acids is 1. The molecule has 6 nitrogen and oxygen atoms in total. The molecule has 2 aromatic carbocycles. The zero-order chi connectivity index (χ0) is 19.0. The van der Waals surface area contributed by atoms with Crippen LogP contribution >= 0.6 is 11.6 Å². The van der Waals surface area contributed by atoms with Crippen molar-refractivity contribution >= 4 is 17.5 Å². The molecule has 0 saturated carbocycles. The lowest BCUT2D eigenvalue weighted by Crippen LogP contribution is -2.56. The smallest absolute Gasteiger partial charge is 0.272 e. The maximum atomic E-state index is 12.6. The summed E-state index contributed by atoms with van der Waals surface area (Å²) in [5.41, 5.74) is 1.77. The third-order valence-electron chi connectivity index (χ3n) is 4.51. The lowest BCUT2D eigenvalue weighted by Gasteiger charge is -2.38. The lowest BCUT2D eigenvalue weighted by molar-refractivity contribution is 0.0173. The molecule has 1 aliphatic heterocycles. The molecular formula is C20H18ClN3O3. The Labute approximate surface area is 160 Å². The lowest BCUT2D eigenvalue weighted by atomic mass is 10.1. The van der Waals surface area contributed by atoms with Crippen molar-refractivity contribution in [2.75, 3.05) is 13.1 Å². The number of para-hydroxylation sites is 1. The molecule has 138 valence electrons. The first kappa shape index (κ1) is 17.4. The number of benzene rings is 2. The van der Waals surface area contributed by atoms with Gasteiger partial charge in [-0.2, -0.15) is 0 Å². The number of H-pyrrole nitrogens is 1. The number of aromatic amines is 1. The SMILES string of the molecule is Cc1ccc(-n2[nH]c(C(=O)N3CC(Oc4ccccc4Cl)C3)cc2=O)cc1. The van der Waals surface area contributed by atoms with Gasteiger partial charge in [0.2, 0.25) is 0 Å². The predicted octanol–water partition coefficient (Wildman–Crippen LogP) is 3.03. The molecule has 1 amide bonds. The minimum absolute atomic E-state index is 0.111. The van der Waals surface area contributed by atoms with E-state index in [1.165, 1.54) is 10.7 Å². The number of amides is 1. The quantitative estimate of drug-likeness (QED) is 0.753. The average molecular weight is 384 g/mol. The van der Waals surface area contributed by atoms with Crippen molar-refractivity contribution in [2.45, 2.75) is 13.0 Å². The summed E-state index contributed by atoms with van der Waals surface area (Å²) in [6.07, 6.45) is -0.111. The van der Waals surface area contributed by atoms with Crippen molar-refractivity contribution in [1.82, 2.24) is 14.7 Å². The Bertz CT molecular complexity index is 1030. The van der Waals surface area contributed by atoms with Crippen LogP contribution in [0.5, 0.6) is 5.75 Å². The van der Waals surface area contributed by atoms with Gasteiger partial charge in [-0.1, -0.05) is 41.4 Å². The minimum Gasteiger partial charge on any atom is -0.485 e. The Hall–Kier alpha value is -2.99. The van der Waals surface area contributed by atoms with Crippen LogP contribution in [-0.4, -0.2) is 39.8 Å². The van der Waals surface area contributed by atoms with E-state index in [-0.39, 0.29) is 23.3 Å². The molecule has 4 rings (SSSR count). The van der Waals surface area contributed by atoms with Gasteiger partial charge in [0.1, 0.15) is 17.5 Å². The van der Waals surface area contributed by atoms with E-state index in [0.717, 1.165) is 5.56 Å². The number of rotatable bonds is 4. The van der Waals surface area contributed by atoms with Crippen LogP contribution in [-0.2, 0) is 0 Å². The maximum Gasteiger partial charge on any atom is 0.272 e. The van der Waals surface area contributed by atoms with Gasteiger partial charge in [0.05, 0.1) is 23.8 Å². The minimum atomic E-state index is -0.272. The van der Waals surface area contributed by atoms with Crippen LogP contribution in [0.2, 0.25) is 5.02 Å². The van der Waals surface area contributed by atoms with Gasteiger partial charge in [-0.3, -0.25) is 14.7 Å². The molecule has 0 spiro atoms. The van der Waals surface area contributed by atoms with Crippen molar-refractivity contribution in [2.24, 2.45) is 0 Å². The van der Waals surface area contributed by atoms with Gasteiger partial charge in [-0.05, 0) is 31.2 Å². The highest BCUT2D eigenvalue weighted by atomic mass is 35.5. The molecule has 27 heavy (non-hydrogen) atoms. The number of aryl methyl sites for hydroxylation is 1. The highest BCUT2D eigenvalue weighted by Gasteiger charge is 2.34. The summed E-state index contributed by atoms with van der Waals surface area (Å²) >= 11 is 6.08. The number of hydrogen-bond acceptors (Lipinski definition) is 3. The van der Waals surface area contributed by atoms with E-state index in [1.54, 1.807) is 17.0 Å². The molecule has 1 aromatic heterocycles. The van der Waals surface area contributed by atoms with E-state index in [4.69, 9.17) is 16.3 Å². The van der Waals surface area contributed by atoms with Gasteiger partial charge in [-0.15, -0.1) is 0 Å². The second kappa shape index (κ2) is 6.96. The highest BCUT2D eigenvalue weighted by molar-refractivity contribution is 6.32. The number of nitrogens with zero attached hydrogens (tertiary/aromatic N) is 2. The summed E-state index contributed by atoms with van der Waals surface area (Å²) in [7, 11) is 0. The molecule has 1 N–H and O–H groups in total. The van der Waals surface area contributed by atoms with Crippen molar-refractivity contribution in [3.63, 3.8) is 0 Å². The van der Waals surface area contributed by atoms with Crippen LogP contribution < -0.4 is 10.3 Å². The van der Waals surface area contributed by atoms with Crippen molar-refractivity contribution in [1.29, 1.82) is 0 Å². The van der Waals surface area contributed by atoms with Gasteiger partial charge >= 0.3 is 0 Å². The second-order valence-corrected chi connectivity index (χ2v) is 6.97. The average Bonchev–Trinajstić information content (AvgIpc) is 3.01. The third kappa shape index (κ3) is 3.48. The molecule has 0 bridgehead atoms. The fraction of sp³-hybridized carbons (Fsp3) is 0.200. The van der Waals surface area contributed by atoms with Crippen LogP contribution in [0.4, 0.5) is 0 Å². The summed E-state index contributed by atoms with van der Waals surface area (Å²) in [4.78, 5) is 26.5. The number of ether oxygens (including phenoxy) is 1. The molecule has 0 radical (unpaired) electrons. The zero-order valence-electron chi connectivity index (χ0n) is 14.7. The molecule has 0 unspecified atom stereocenters. The molecule has 1 fully saturated rings. The first-order chi connectivity index (χ1) is 13.0. The van der Waals surface area contributed by atoms with E-state index in [2.05, 4.69) is 5.10 Å². The zero-order valence-corrected chi connectivity index (χ0v) is 15.4. The van der Waals surface area contributed by atoms with Gasteiger partial charge in [0, 0.05) is 6.07 Å². The normalized spacial score (nSPS) is 14.1. The van der Waals surface area contributed by atoms with E-state index in [0.29, 0.717) is 29.5 Å². The van der Waals surface area contributed by atoms with Crippen molar-refractivity contribution in [3.8, 4) is 11.4 Å². The molecule has 0 atom stereocenters. The fourth-order valence-corrected chi connectivity index (χ4v) is 3.14. The summed E-state index contributed by atoms with van der Waals surface area (Å²) < 4.78 is 7.17. The predicted molar refractivity (Wildman–Crippen MR) is 103 cm³/mol. The molecule has 1 saturated heterocycles. The fourth-order valence-electron chi connectivity index (χ4n) is 2.96. The van der Waals surface area contributed by atoms with Gasteiger partial charge in [-0.25, -0.2) is 4.68 Å². The molecule has 3 aromatic rings. The van der Waals surface area contributed by atoms with Crippen LogP contribution in [0, 0.1) is 6.92 Å². The van der Waals surface area contributed by atoms with Crippen molar-refractivity contribution < 1.29 is 9.53 Å².